The van der Waals surface area contributed by atoms with Gasteiger partial charge in [-0.2, -0.15) is 0 Å². The smallest absolute Gasteiger partial charge is 0.0954 e. The van der Waals surface area contributed by atoms with Crippen LogP contribution in [0, 0.1) is 6.92 Å². The number of aryl methyl sites for hydroxylation is 2. The fourth-order valence-corrected chi connectivity index (χ4v) is 4.09. The minimum Gasteiger partial charge on any atom is -0.330 e. The molecule has 1 aliphatic carbocycles. The Hall–Kier alpha value is -1.13. The van der Waals surface area contributed by atoms with Gasteiger partial charge in [-0.05, 0) is 57.2 Å². The van der Waals surface area contributed by atoms with Crippen LogP contribution in [-0.4, -0.2) is 16.1 Å². The van der Waals surface area contributed by atoms with Crippen molar-refractivity contribution in [2.45, 2.75) is 59.0 Å². The van der Waals surface area contributed by atoms with Gasteiger partial charge in [-0.25, -0.2) is 4.98 Å². The topological polar surface area (TPSA) is 29.9 Å². The number of fused-ring (bicyclic) bond motifs is 1. The third-order valence-electron chi connectivity index (χ3n) is 4.25. The lowest BCUT2D eigenvalue weighted by Crippen LogP contribution is -2.12. The molecule has 0 aromatic carbocycles. The molecule has 0 amide bonds. The summed E-state index contributed by atoms with van der Waals surface area (Å²) in [6.45, 7) is 7.54. The van der Waals surface area contributed by atoms with Gasteiger partial charge in [0, 0.05) is 28.5 Å². The third-order valence-corrected chi connectivity index (χ3v) is 5.34. The van der Waals surface area contributed by atoms with Gasteiger partial charge >= 0.3 is 0 Å². The quantitative estimate of drug-likeness (QED) is 0.825. The average molecular weight is 303 g/mol. The Morgan fingerprint density at radius 3 is 3.05 bits per heavy atom. The summed E-state index contributed by atoms with van der Waals surface area (Å²) in [6, 6.07) is 2.37. The van der Waals surface area contributed by atoms with E-state index in [4.69, 9.17) is 0 Å². The predicted octanol–water partition coefficient (Wildman–Crippen LogP) is 3.68. The SMILES string of the molecule is CCCNCc1cc(Cn2cnc3c2CCCC3)c(C)s1. The van der Waals surface area contributed by atoms with Crippen LogP contribution in [0.2, 0.25) is 0 Å². The van der Waals surface area contributed by atoms with Crippen LogP contribution in [0.15, 0.2) is 12.4 Å². The van der Waals surface area contributed by atoms with Crippen LogP contribution in [0.25, 0.3) is 0 Å². The lowest BCUT2D eigenvalue weighted by molar-refractivity contribution is 0.628. The van der Waals surface area contributed by atoms with Gasteiger partial charge in [-0.3, -0.25) is 0 Å². The second-order valence-corrected chi connectivity index (χ2v) is 7.28. The molecule has 3 rings (SSSR count). The molecule has 3 nitrogen and oxygen atoms in total. The number of aromatic nitrogens is 2. The highest BCUT2D eigenvalue weighted by Gasteiger charge is 2.16. The molecule has 0 bridgehead atoms. The van der Waals surface area contributed by atoms with Crippen molar-refractivity contribution in [2.24, 2.45) is 0 Å². The standard InChI is InChI=1S/C17H25N3S/c1-3-8-18-10-15-9-14(13(2)21-15)11-20-12-19-16-6-4-5-7-17(16)20/h9,12,18H,3-8,10-11H2,1-2H3. The minimum absolute atomic E-state index is 0.985. The van der Waals surface area contributed by atoms with Gasteiger partial charge in [0.15, 0.2) is 0 Å². The average Bonchev–Trinajstić information content (AvgIpc) is 3.05. The van der Waals surface area contributed by atoms with E-state index in [0.717, 1.165) is 26.1 Å². The third kappa shape index (κ3) is 3.38. The van der Waals surface area contributed by atoms with E-state index >= 15 is 0 Å². The van der Waals surface area contributed by atoms with Gasteiger partial charge < -0.3 is 9.88 Å². The summed E-state index contributed by atoms with van der Waals surface area (Å²) in [7, 11) is 0. The monoisotopic (exact) mass is 303 g/mol. The van der Waals surface area contributed by atoms with Gasteiger partial charge in [0.2, 0.25) is 0 Å². The van der Waals surface area contributed by atoms with E-state index in [0.29, 0.717) is 0 Å². The fourth-order valence-electron chi connectivity index (χ4n) is 3.07. The molecule has 0 unspecified atom stereocenters. The molecular weight excluding hydrogens is 278 g/mol. The zero-order valence-corrected chi connectivity index (χ0v) is 13.9. The van der Waals surface area contributed by atoms with Gasteiger partial charge in [0.1, 0.15) is 0 Å². The van der Waals surface area contributed by atoms with Crippen LogP contribution in [0.1, 0.15) is 52.9 Å². The van der Waals surface area contributed by atoms with Crippen molar-refractivity contribution in [1.29, 1.82) is 0 Å². The number of nitrogens with one attached hydrogen (secondary N) is 1. The van der Waals surface area contributed by atoms with Crippen LogP contribution < -0.4 is 5.32 Å². The number of hydrogen-bond donors (Lipinski definition) is 1. The van der Waals surface area contributed by atoms with E-state index in [-0.39, 0.29) is 0 Å². The Labute approximate surface area is 131 Å². The molecule has 2 aromatic heterocycles. The van der Waals surface area contributed by atoms with Crippen molar-refractivity contribution in [3.8, 4) is 0 Å². The van der Waals surface area contributed by atoms with Crippen LogP contribution in [0.5, 0.6) is 0 Å². The van der Waals surface area contributed by atoms with Crippen molar-refractivity contribution in [2.75, 3.05) is 6.54 Å². The second-order valence-electron chi connectivity index (χ2n) is 5.94. The number of rotatable bonds is 6. The van der Waals surface area contributed by atoms with Crippen LogP contribution >= 0.6 is 11.3 Å². The highest BCUT2D eigenvalue weighted by molar-refractivity contribution is 7.12. The molecule has 4 heteroatoms. The molecule has 0 radical (unpaired) electrons. The normalized spacial score (nSPS) is 14.4. The number of nitrogens with zero attached hydrogens (tertiary/aromatic N) is 2. The highest BCUT2D eigenvalue weighted by atomic mass is 32.1. The molecule has 0 spiro atoms. The number of hydrogen-bond acceptors (Lipinski definition) is 3. The van der Waals surface area contributed by atoms with Crippen molar-refractivity contribution < 1.29 is 0 Å². The summed E-state index contributed by atoms with van der Waals surface area (Å²) in [5, 5.41) is 3.49. The zero-order valence-electron chi connectivity index (χ0n) is 13.1. The molecule has 1 N–H and O–H groups in total. The van der Waals surface area contributed by atoms with Crippen LogP contribution in [-0.2, 0) is 25.9 Å². The molecule has 1 aliphatic rings. The van der Waals surface area contributed by atoms with Crippen molar-refractivity contribution in [3.05, 3.63) is 39.1 Å². The summed E-state index contributed by atoms with van der Waals surface area (Å²) < 4.78 is 2.37. The summed E-state index contributed by atoms with van der Waals surface area (Å²) in [6.07, 6.45) is 8.21. The fraction of sp³-hybridized carbons (Fsp3) is 0.588. The van der Waals surface area contributed by atoms with Gasteiger partial charge in [0.25, 0.3) is 0 Å². The van der Waals surface area contributed by atoms with E-state index in [1.807, 2.05) is 17.7 Å². The molecule has 114 valence electrons. The lowest BCUT2D eigenvalue weighted by atomic mass is 10.0. The Bertz CT molecular complexity index is 597. The molecule has 2 heterocycles. The zero-order chi connectivity index (χ0) is 14.7. The molecule has 0 saturated carbocycles. The van der Waals surface area contributed by atoms with Gasteiger partial charge in [-0.15, -0.1) is 11.3 Å². The largest absolute Gasteiger partial charge is 0.330 e. The Morgan fingerprint density at radius 2 is 2.19 bits per heavy atom. The van der Waals surface area contributed by atoms with Gasteiger partial charge in [0.05, 0.1) is 12.0 Å². The van der Waals surface area contributed by atoms with E-state index in [1.54, 1.807) is 0 Å². The number of thiophene rings is 1. The van der Waals surface area contributed by atoms with Crippen molar-refractivity contribution >= 4 is 11.3 Å². The van der Waals surface area contributed by atoms with Crippen LogP contribution in [0.3, 0.4) is 0 Å². The van der Waals surface area contributed by atoms with Gasteiger partial charge in [-0.1, -0.05) is 6.92 Å². The first-order valence-electron chi connectivity index (χ1n) is 8.09. The predicted molar refractivity (Wildman–Crippen MR) is 89.0 cm³/mol. The van der Waals surface area contributed by atoms with E-state index in [2.05, 4.69) is 34.8 Å². The van der Waals surface area contributed by atoms with E-state index in [1.165, 1.54) is 52.4 Å². The Morgan fingerprint density at radius 1 is 1.33 bits per heavy atom. The second kappa shape index (κ2) is 6.75. The summed E-state index contributed by atoms with van der Waals surface area (Å²) in [5.41, 5.74) is 4.26. The minimum atomic E-state index is 0.985. The number of imidazole rings is 1. The Balaban J connectivity index is 1.71. The molecular formula is C17H25N3S. The molecule has 0 aliphatic heterocycles. The van der Waals surface area contributed by atoms with E-state index < -0.39 is 0 Å². The van der Waals surface area contributed by atoms with E-state index in [9.17, 15) is 0 Å². The molecule has 21 heavy (non-hydrogen) atoms. The maximum Gasteiger partial charge on any atom is 0.0954 e. The Kier molecular flexibility index (Phi) is 4.76. The van der Waals surface area contributed by atoms with Crippen molar-refractivity contribution in [3.63, 3.8) is 0 Å². The first kappa shape index (κ1) is 14.8. The first-order valence-corrected chi connectivity index (χ1v) is 8.91. The van der Waals surface area contributed by atoms with Crippen molar-refractivity contribution in [1.82, 2.24) is 14.9 Å². The molecule has 0 fully saturated rings. The maximum atomic E-state index is 4.60. The van der Waals surface area contributed by atoms with Crippen LogP contribution in [0.4, 0.5) is 0 Å². The summed E-state index contributed by atoms with van der Waals surface area (Å²) >= 11 is 1.93. The lowest BCUT2D eigenvalue weighted by Gasteiger charge is -2.13. The first-order chi connectivity index (χ1) is 10.3. The maximum absolute atomic E-state index is 4.60. The molecule has 0 atom stereocenters. The highest BCUT2D eigenvalue weighted by Crippen LogP contribution is 2.25. The summed E-state index contributed by atoms with van der Waals surface area (Å²) in [4.78, 5) is 7.50. The molecule has 0 saturated heterocycles. The summed E-state index contributed by atoms with van der Waals surface area (Å²) in [5.74, 6) is 0. The molecule has 2 aromatic rings.